The Balaban J connectivity index is 0.00000450. The topological polar surface area (TPSA) is 78.7 Å². The number of nitrogens with one attached hydrogen (secondary N) is 1. The lowest BCUT2D eigenvalue weighted by molar-refractivity contribution is -0.130. The highest BCUT2D eigenvalue weighted by atomic mass is 127. The lowest BCUT2D eigenvalue weighted by Gasteiger charge is -2.36. The molecule has 1 atom stereocenters. The number of halogens is 1. The van der Waals surface area contributed by atoms with E-state index in [4.69, 9.17) is 4.99 Å². The Labute approximate surface area is 198 Å². The number of rotatable bonds is 10. The van der Waals surface area contributed by atoms with E-state index in [-0.39, 0.29) is 29.9 Å². The standard InChI is InChI=1S/C21H39N7O.HI/c1-5-8-9-19(6-2)16-23-21(27-14-12-26(13-15-27)18(4)29)22-10-11-28-17-24-25-20(28)7-3;/h17,19H,5-16H2,1-4H3,(H,22,23);1H. The summed E-state index contributed by atoms with van der Waals surface area (Å²) in [7, 11) is 0. The molecular weight excluding hydrogens is 493 g/mol. The van der Waals surface area contributed by atoms with Gasteiger partial charge in [0.2, 0.25) is 5.91 Å². The molecule has 0 saturated carbocycles. The number of unbranched alkanes of at least 4 members (excludes halogenated alkanes) is 1. The van der Waals surface area contributed by atoms with Crippen LogP contribution >= 0.6 is 24.0 Å². The molecule has 9 heteroatoms. The van der Waals surface area contributed by atoms with Gasteiger partial charge in [-0.05, 0) is 12.3 Å². The zero-order valence-corrected chi connectivity index (χ0v) is 21.5. The number of carbonyl (C=O) groups is 1. The quantitative estimate of drug-likeness (QED) is 0.284. The van der Waals surface area contributed by atoms with Crippen molar-refractivity contribution in [2.75, 3.05) is 39.3 Å². The van der Waals surface area contributed by atoms with Crippen molar-refractivity contribution < 1.29 is 4.79 Å². The number of hydrogen-bond acceptors (Lipinski definition) is 4. The van der Waals surface area contributed by atoms with Gasteiger partial charge < -0.3 is 19.7 Å². The summed E-state index contributed by atoms with van der Waals surface area (Å²) in [6.45, 7) is 13.9. The van der Waals surface area contributed by atoms with E-state index < -0.39 is 0 Å². The van der Waals surface area contributed by atoms with Gasteiger partial charge in [0.25, 0.3) is 0 Å². The molecule has 1 amide bonds. The number of hydrogen-bond donors (Lipinski definition) is 1. The molecule has 8 nitrogen and oxygen atoms in total. The van der Waals surface area contributed by atoms with Crippen LogP contribution < -0.4 is 5.32 Å². The van der Waals surface area contributed by atoms with Crippen LogP contribution in [0.1, 0.15) is 59.2 Å². The minimum Gasteiger partial charge on any atom is -0.354 e. The molecule has 1 aromatic rings. The zero-order valence-electron chi connectivity index (χ0n) is 19.1. The van der Waals surface area contributed by atoms with Gasteiger partial charge in [-0.3, -0.25) is 9.79 Å². The highest BCUT2D eigenvalue weighted by molar-refractivity contribution is 14.0. The van der Waals surface area contributed by atoms with Crippen molar-refractivity contribution in [2.24, 2.45) is 10.9 Å². The first kappa shape index (κ1) is 26.6. The highest BCUT2D eigenvalue weighted by Gasteiger charge is 2.21. The summed E-state index contributed by atoms with van der Waals surface area (Å²) in [5.74, 6) is 2.76. The number of nitrogens with zero attached hydrogens (tertiary/aromatic N) is 6. The summed E-state index contributed by atoms with van der Waals surface area (Å²) < 4.78 is 2.09. The van der Waals surface area contributed by atoms with E-state index in [9.17, 15) is 4.79 Å². The summed E-state index contributed by atoms with van der Waals surface area (Å²) in [4.78, 5) is 20.8. The van der Waals surface area contributed by atoms with E-state index in [1.54, 1.807) is 13.3 Å². The van der Waals surface area contributed by atoms with Crippen molar-refractivity contribution >= 4 is 35.8 Å². The second-order valence-corrected chi connectivity index (χ2v) is 7.79. The Bertz CT molecular complexity index is 641. The first-order valence-electron chi connectivity index (χ1n) is 11.2. The average molecular weight is 534 g/mol. The molecule has 2 rings (SSSR count). The van der Waals surface area contributed by atoms with Gasteiger partial charge in [-0.2, -0.15) is 0 Å². The van der Waals surface area contributed by atoms with Gasteiger partial charge in [0.05, 0.1) is 0 Å². The van der Waals surface area contributed by atoms with Gasteiger partial charge in [-0.15, -0.1) is 34.2 Å². The lowest BCUT2D eigenvalue weighted by atomic mass is 10.00. The Kier molecular flexibility index (Phi) is 13.0. The molecule has 1 aliphatic heterocycles. The van der Waals surface area contributed by atoms with Crippen LogP contribution in [-0.2, 0) is 17.8 Å². The first-order chi connectivity index (χ1) is 14.1. The first-order valence-corrected chi connectivity index (χ1v) is 11.2. The van der Waals surface area contributed by atoms with Gasteiger partial charge in [0.15, 0.2) is 5.96 Å². The van der Waals surface area contributed by atoms with Gasteiger partial charge in [-0.25, -0.2) is 0 Å². The fraction of sp³-hybridized carbons (Fsp3) is 0.810. The number of amides is 1. The number of guanidine groups is 1. The predicted molar refractivity (Wildman–Crippen MR) is 132 cm³/mol. The zero-order chi connectivity index (χ0) is 21.1. The summed E-state index contributed by atoms with van der Waals surface area (Å²) in [6, 6.07) is 0. The van der Waals surface area contributed by atoms with Crippen LogP contribution in [0.3, 0.4) is 0 Å². The lowest BCUT2D eigenvalue weighted by Crippen LogP contribution is -2.53. The Hall–Kier alpha value is -1.39. The van der Waals surface area contributed by atoms with E-state index >= 15 is 0 Å². The molecule has 1 unspecified atom stereocenters. The molecule has 1 aromatic heterocycles. The van der Waals surface area contributed by atoms with E-state index in [0.717, 1.165) is 70.4 Å². The van der Waals surface area contributed by atoms with Crippen molar-refractivity contribution in [3.8, 4) is 0 Å². The van der Waals surface area contributed by atoms with Crippen LogP contribution in [0.2, 0.25) is 0 Å². The summed E-state index contributed by atoms with van der Waals surface area (Å²) in [6.07, 6.45) is 7.57. The van der Waals surface area contributed by atoms with E-state index in [1.807, 2.05) is 4.90 Å². The van der Waals surface area contributed by atoms with Crippen LogP contribution in [0, 0.1) is 5.92 Å². The minimum absolute atomic E-state index is 0. The molecule has 0 aliphatic carbocycles. The SMILES string of the molecule is CCCCC(CC)CN=C(NCCn1cnnc1CC)N1CCN(C(C)=O)CC1.I. The molecule has 1 aliphatic rings. The third-order valence-electron chi connectivity index (χ3n) is 5.71. The third-order valence-corrected chi connectivity index (χ3v) is 5.71. The molecule has 1 N–H and O–H groups in total. The minimum atomic E-state index is 0. The van der Waals surface area contributed by atoms with Crippen LogP contribution in [0.25, 0.3) is 0 Å². The Morgan fingerprint density at radius 2 is 1.90 bits per heavy atom. The third kappa shape index (κ3) is 8.39. The van der Waals surface area contributed by atoms with Gasteiger partial charge in [-0.1, -0.05) is 40.0 Å². The molecule has 172 valence electrons. The fourth-order valence-electron chi connectivity index (χ4n) is 3.66. The Morgan fingerprint density at radius 3 is 2.50 bits per heavy atom. The molecule has 0 bridgehead atoms. The molecule has 0 spiro atoms. The average Bonchev–Trinajstić information content (AvgIpc) is 3.20. The highest BCUT2D eigenvalue weighted by Crippen LogP contribution is 2.13. The Morgan fingerprint density at radius 1 is 1.20 bits per heavy atom. The van der Waals surface area contributed by atoms with Crippen molar-refractivity contribution in [3.63, 3.8) is 0 Å². The van der Waals surface area contributed by atoms with Gasteiger partial charge >= 0.3 is 0 Å². The normalized spacial score (nSPS) is 15.7. The molecule has 1 fully saturated rings. The van der Waals surface area contributed by atoms with Crippen LogP contribution in [0.5, 0.6) is 0 Å². The predicted octanol–water partition coefficient (Wildman–Crippen LogP) is 2.78. The maximum atomic E-state index is 11.6. The van der Waals surface area contributed by atoms with Gasteiger partial charge in [0, 0.05) is 59.2 Å². The largest absolute Gasteiger partial charge is 0.354 e. The van der Waals surface area contributed by atoms with Crippen molar-refractivity contribution in [2.45, 2.75) is 66.3 Å². The van der Waals surface area contributed by atoms with Crippen LogP contribution in [0.4, 0.5) is 0 Å². The number of aliphatic imine (C=N–C) groups is 1. The second-order valence-electron chi connectivity index (χ2n) is 7.79. The second kappa shape index (κ2) is 14.6. The maximum absolute atomic E-state index is 11.6. The van der Waals surface area contributed by atoms with Crippen molar-refractivity contribution in [1.82, 2.24) is 29.9 Å². The van der Waals surface area contributed by atoms with Crippen molar-refractivity contribution in [3.05, 3.63) is 12.2 Å². The van der Waals surface area contributed by atoms with Crippen molar-refractivity contribution in [1.29, 1.82) is 0 Å². The molecule has 0 aromatic carbocycles. The summed E-state index contributed by atoms with van der Waals surface area (Å²) in [5.41, 5.74) is 0. The van der Waals surface area contributed by atoms with E-state index in [0.29, 0.717) is 5.92 Å². The molecular formula is C21H40IN7O. The number of carbonyl (C=O) groups excluding carboxylic acids is 1. The smallest absolute Gasteiger partial charge is 0.219 e. The fourth-order valence-corrected chi connectivity index (χ4v) is 3.66. The molecule has 30 heavy (non-hydrogen) atoms. The number of aromatic nitrogens is 3. The van der Waals surface area contributed by atoms with Crippen LogP contribution in [0.15, 0.2) is 11.3 Å². The summed E-state index contributed by atoms with van der Waals surface area (Å²) >= 11 is 0. The van der Waals surface area contributed by atoms with E-state index in [1.165, 1.54) is 19.3 Å². The molecule has 0 radical (unpaired) electrons. The molecule has 1 saturated heterocycles. The van der Waals surface area contributed by atoms with Crippen LogP contribution in [-0.4, -0.2) is 75.7 Å². The number of piperazine rings is 1. The monoisotopic (exact) mass is 533 g/mol. The maximum Gasteiger partial charge on any atom is 0.219 e. The molecule has 2 heterocycles. The van der Waals surface area contributed by atoms with Gasteiger partial charge in [0.1, 0.15) is 12.2 Å². The number of aryl methyl sites for hydroxylation is 1. The summed E-state index contributed by atoms with van der Waals surface area (Å²) in [5, 5.41) is 11.7. The van der Waals surface area contributed by atoms with E-state index in [2.05, 4.69) is 45.8 Å².